The Hall–Kier alpha value is -2.71. The smallest absolute Gasteiger partial charge is 0.454 e. The second kappa shape index (κ2) is 8.11. The average Bonchev–Trinajstić information content (AvgIpc) is 3.07. The maximum Gasteiger partial charge on any atom is 0.454 e. The zero-order valence-electron chi connectivity index (χ0n) is 14.3. The molecule has 0 bridgehead atoms. The number of hydrogen-bond acceptors (Lipinski definition) is 5. The van der Waals surface area contributed by atoms with Gasteiger partial charge in [0.25, 0.3) is 5.78 Å². The van der Waals surface area contributed by atoms with Gasteiger partial charge in [-0.25, -0.2) is 0 Å². The number of hydrogen-bond donors (Lipinski definition) is 1. The Morgan fingerprint density at radius 3 is 2.62 bits per heavy atom. The largest absolute Gasteiger partial charge is 0.497 e. The number of methoxy groups -OCH3 is 2. The lowest BCUT2D eigenvalue weighted by molar-refractivity contribution is -0.165. The van der Waals surface area contributed by atoms with Crippen LogP contribution in [0.15, 0.2) is 30.5 Å². The topological polar surface area (TPSA) is 67.9 Å². The van der Waals surface area contributed by atoms with Gasteiger partial charge in [-0.3, -0.25) is 9.59 Å². The minimum Gasteiger partial charge on any atom is -0.497 e. The average molecular weight is 372 g/mol. The molecule has 0 saturated carbocycles. The third kappa shape index (κ3) is 4.68. The third-order valence-electron chi connectivity index (χ3n) is 3.96. The van der Waals surface area contributed by atoms with Crippen LogP contribution < -0.4 is 14.8 Å². The Morgan fingerprint density at radius 2 is 2.00 bits per heavy atom. The summed E-state index contributed by atoms with van der Waals surface area (Å²) in [6.45, 7) is 0.388. The summed E-state index contributed by atoms with van der Waals surface area (Å²) in [6.07, 6.45) is -2.36. The number of ketones is 1. The fourth-order valence-corrected chi connectivity index (χ4v) is 2.62. The number of likely N-dealkylation sites (tertiary alicyclic amines) is 1. The van der Waals surface area contributed by atoms with Crippen molar-refractivity contribution in [3.8, 4) is 11.5 Å². The van der Waals surface area contributed by atoms with E-state index in [2.05, 4.69) is 5.32 Å². The zero-order valence-corrected chi connectivity index (χ0v) is 14.3. The number of ether oxygens (including phenoxy) is 2. The van der Waals surface area contributed by atoms with E-state index in [1.807, 2.05) is 0 Å². The van der Waals surface area contributed by atoms with Crippen LogP contribution in [0.4, 0.5) is 18.9 Å². The van der Waals surface area contributed by atoms with Gasteiger partial charge in [-0.05, 0) is 25.0 Å². The van der Waals surface area contributed by atoms with Gasteiger partial charge in [-0.15, -0.1) is 0 Å². The SMILES string of the molecule is COc1ccc(NC(=O)C2CCCN2C=CC(=O)C(F)(F)F)c(OC)c1. The third-order valence-corrected chi connectivity index (χ3v) is 3.96. The van der Waals surface area contributed by atoms with E-state index >= 15 is 0 Å². The van der Waals surface area contributed by atoms with Crippen LogP contribution >= 0.6 is 0 Å². The number of halogens is 3. The number of nitrogens with one attached hydrogen (secondary N) is 1. The van der Waals surface area contributed by atoms with E-state index in [9.17, 15) is 22.8 Å². The van der Waals surface area contributed by atoms with Crippen molar-refractivity contribution >= 4 is 17.4 Å². The number of alkyl halides is 3. The molecule has 1 aliphatic rings. The van der Waals surface area contributed by atoms with Gasteiger partial charge in [-0.2, -0.15) is 13.2 Å². The van der Waals surface area contributed by atoms with Crippen molar-refractivity contribution in [3.63, 3.8) is 0 Å². The van der Waals surface area contributed by atoms with Crippen LogP contribution in [0.1, 0.15) is 12.8 Å². The fraction of sp³-hybridized carbons (Fsp3) is 0.412. The molecule has 0 spiro atoms. The second-order valence-corrected chi connectivity index (χ2v) is 5.63. The number of nitrogens with zero attached hydrogens (tertiary/aromatic N) is 1. The minimum atomic E-state index is -4.93. The summed E-state index contributed by atoms with van der Waals surface area (Å²) in [5.41, 5.74) is 0.417. The predicted molar refractivity (Wildman–Crippen MR) is 88.1 cm³/mol. The van der Waals surface area contributed by atoms with Crippen LogP contribution in [0.2, 0.25) is 0 Å². The van der Waals surface area contributed by atoms with E-state index in [1.165, 1.54) is 19.1 Å². The van der Waals surface area contributed by atoms with Gasteiger partial charge in [-0.1, -0.05) is 0 Å². The lowest BCUT2D eigenvalue weighted by Gasteiger charge is -2.22. The number of carbonyl (C=O) groups excluding carboxylic acids is 2. The molecule has 1 heterocycles. The van der Waals surface area contributed by atoms with Crippen molar-refractivity contribution in [2.75, 3.05) is 26.1 Å². The molecular weight excluding hydrogens is 353 g/mol. The number of anilines is 1. The number of rotatable bonds is 6. The first-order valence-electron chi connectivity index (χ1n) is 7.84. The highest BCUT2D eigenvalue weighted by molar-refractivity contribution is 5.97. The normalized spacial score (nSPS) is 17.4. The lowest BCUT2D eigenvalue weighted by atomic mass is 10.2. The fourth-order valence-electron chi connectivity index (χ4n) is 2.62. The van der Waals surface area contributed by atoms with Gasteiger partial charge < -0.3 is 19.7 Å². The highest BCUT2D eigenvalue weighted by atomic mass is 19.4. The highest BCUT2D eigenvalue weighted by Crippen LogP contribution is 2.30. The summed E-state index contributed by atoms with van der Waals surface area (Å²) in [4.78, 5) is 24.9. The van der Waals surface area contributed by atoms with Crippen LogP contribution in [0.5, 0.6) is 11.5 Å². The van der Waals surface area contributed by atoms with E-state index in [0.29, 0.717) is 42.6 Å². The number of benzene rings is 1. The Labute approximate surface area is 148 Å². The summed E-state index contributed by atoms with van der Waals surface area (Å²) in [6, 6.07) is 4.19. The highest BCUT2D eigenvalue weighted by Gasteiger charge is 2.37. The maximum absolute atomic E-state index is 12.5. The molecule has 1 unspecified atom stereocenters. The standard InChI is InChI=1S/C17H19F3N2O4/c1-25-11-5-6-12(14(10-11)26-2)21-16(24)13-4-3-8-22(13)9-7-15(23)17(18,19)20/h5-7,9-10,13H,3-4,8H2,1-2H3,(H,21,24). The van der Waals surface area contributed by atoms with E-state index < -0.39 is 23.9 Å². The molecule has 9 heteroatoms. The number of amides is 1. The van der Waals surface area contributed by atoms with Crippen molar-refractivity contribution in [2.45, 2.75) is 25.1 Å². The van der Waals surface area contributed by atoms with Gasteiger partial charge in [0.1, 0.15) is 17.5 Å². The Bertz CT molecular complexity index is 704. The van der Waals surface area contributed by atoms with E-state index in [0.717, 1.165) is 6.20 Å². The number of allylic oxidation sites excluding steroid dienone is 1. The number of carbonyl (C=O) groups is 2. The molecule has 1 amide bonds. The predicted octanol–water partition coefficient (Wildman–Crippen LogP) is 2.75. The molecule has 1 aliphatic heterocycles. The molecule has 6 nitrogen and oxygen atoms in total. The van der Waals surface area contributed by atoms with Crippen LogP contribution in [-0.2, 0) is 9.59 Å². The second-order valence-electron chi connectivity index (χ2n) is 5.63. The molecule has 2 rings (SSSR count). The molecule has 0 aliphatic carbocycles. The monoisotopic (exact) mass is 372 g/mol. The zero-order chi connectivity index (χ0) is 19.3. The van der Waals surface area contributed by atoms with Crippen LogP contribution in [-0.4, -0.2) is 49.6 Å². The molecule has 1 N–H and O–H groups in total. The van der Waals surface area contributed by atoms with Crippen LogP contribution in [0.25, 0.3) is 0 Å². The first-order valence-corrected chi connectivity index (χ1v) is 7.84. The molecule has 26 heavy (non-hydrogen) atoms. The van der Waals surface area contributed by atoms with Crippen molar-refractivity contribution in [2.24, 2.45) is 0 Å². The Morgan fingerprint density at radius 1 is 1.27 bits per heavy atom. The maximum atomic E-state index is 12.5. The quantitative estimate of drug-likeness (QED) is 0.778. The molecule has 1 aromatic carbocycles. The molecule has 142 valence electrons. The van der Waals surface area contributed by atoms with Gasteiger partial charge in [0.15, 0.2) is 0 Å². The molecule has 1 atom stereocenters. The molecular formula is C17H19F3N2O4. The van der Waals surface area contributed by atoms with E-state index in [-0.39, 0.29) is 0 Å². The summed E-state index contributed by atoms with van der Waals surface area (Å²) >= 11 is 0. The molecule has 1 saturated heterocycles. The first kappa shape index (κ1) is 19.6. The van der Waals surface area contributed by atoms with Crippen molar-refractivity contribution in [1.82, 2.24) is 4.90 Å². The van der Waals surface area contributed by atoms with E-state index in [1.54, 1.807) is 18.2 Å². The van der Waals surface area contributed by atoms with Crippen molar-refractivity contribution in [3.05, 3.63) is 30.5 Å². The van der Waals surface area contributed by atoms with Crippen LogP contribution in [0, 0.1) is 0 Å². The summed E-state index contributed by atoms with van der Waals surface area (Å²) in [5, 5.41) is 2.70. The van der Waals surface area contributed by atoms with Crippen molar-refractivity contribution < 1.29 is 32.2 Å². The summed E-state index contributed by atoms with van der Waals surface area (Å²) in [7, 11) is 2.94. The molecule has 0 radical (unpaired) electrons. The van der Waals surface area contributed by atoms with E-state index in [4.69, 9.17) is 9.47 Å². The van der Waals surface area contributed by atoms with Gasteiger partial charge in [0.2, 0.25) is 5.91 Å². The Balaban J connectivity index is 2.09. The molecule has 1 aromatic rings. The van der Waals surface area contributed by atoms with Gasteiger partial charge in [0, 0.05) is 24.9 Å². The minimum absolute atomic E-state index is 0.388. The Kier molecular flexibility index (Phi) is 6.12. The van der Waals surface area contributed by atoms with Crippen molar-refractivity contribution in [1.29, 1.82) is 0 Å². The summed E-state index contributed by atoms with van der Waals surface area (Å²) in [5.74, 6) is -1.41. The summed E-state index contributed by atoms with van der Waals surface area (Å²) < 4.78 is 47.2. The molecule has 1 fully saturated rings. The van der Waals surface area contributed by atoms with Gasteiger partial charge in [0.05, 0.1) is 19.9 Å². The first-order chi connectivity index (χ1) is 12.3. The molecule has 0 aromatic heterocycles. The lowest BCUT2D eigenvalue weighted by Crippen LogP contribution is -2.37. The van der Waals surface area contributed by atoms with Gasteiger partial charge >= 0.3 is 6.18 Å². The van der Waals surface area contributed by atoms with Crippen LogP contribution in [0.3, 0.4) is 0 Å².